The van der Waals surface area contributed by atoms with Crippen molar-refractivity contribution in [1.82, 2.24) is 21.1 Å². The molecule has 0 unspecified atom stereocenters. The summed E-state index contributed by atoms with van der Waals surface area (Å²) in [5, 5.41) is 2.13. The van der Waals surface area contributed by atoms with E-state index >= 15 is 0 Å². The van der Waals surface area contributed by atoms with E-state index in [-0.39, 0.29) is 12.2 Å². The topological polar surface area (TPSA) is 134 Å². The van der Waals surface area contributed by atoms with E-state index in [0.717, 1.165) is 10.5 Å². The number of imide groups is 2. The van der Waals surface area contributed by atoms with Crippen LogP contribution in [0.15, 0.2) is 42.1 Å². The molecule has 1 aliphatic heterocycles. The molecule has 1 aromatic carbocycles. The SMILES string of the molecule is C/C=C(/NNC(N)=O)[C@@H]1C(=O)NC(=O)N(Cc2ccccc2)C1=O. The highest BCUT2D eigenvalue weighted by atomic mass is 16.2. The number of nitrogens with zero attached hydrogens (tertiary/aromatic N) is 1. The first kappa shape index (κ1) is 17.0. The highest BCUT2D eigenvalue weighted by molar-refractivity contribution is 6.17. The molecule has 126 valence electrons. The first-order valence-electron chi connectivity index (χ1n) is 7.11. The molecule has 1 saturated heterocycles. The zero-order chi connectivity index (χ0) is 17.7. The van der Waals surface area contributed by atoms with Gasteiger partial charge in [-0.1, -0.05) is 36.4 Å². The Morgan fingerprint density at radius 2 is 1.92 bits per heavy atom. The van der Waals surface area contributed by atoms with Gasteiger partial charge < -0.3 is 11.2 Å². The second-order valence-electron chi connectivity index (χ2n) is 5.00. The fraction of sp³-hybridized carbons (Fsp3) is 0.200. The van der Waals surface area contributed by atoms with Crippen LogP contribution >= 0.6 is 0 Å². The van der Waals surface area contributed by atoms with Crippen molar-refractivity contribution in [3.8, 4) is 0 Å². The number of hydrazine groups is 1. The second kappa shape index (κ2) is 7.27. The number of carbonyl (C=O) groups excluding carboxylic acids is 4. The van der Waals surface area contributed by atoms with Gasteiger partial charge in [0.05, 0.1) is 6.54 Å². The summed E-state index contributed by atoms with van der Waals surface area (Å²) in [4.78, 5) is 48.4. The van der Waals surface area contributed by atoms with Crippen molar-refractivity contribution in [2.75, 3.05) is 0 Å². The lowest BCUT2D eigenvalue weighted by molar-refractivity contribution is -0.141. The van der Waals surface area contributed by atoms with Gasteiger partial charge in [-0.3, -0.25) is 25.2 Å². The molecule has 2 rings (SSSR count). The zero-order valence-electron chi connectivity index (χ0n) is 12.9. The molecule has 9 heteroatoms. The van der Waals surface area contributed by atoms with Crippen molar-refractivity contribution in [3.63, 3.8) is 0 Å². The Morgan fingerprint density at radius 3 is 2.50 bits per heavy atom. The van der Waals surface area contributed by atoms with E-state index < -0.39 is 29.8 Å². The number of urea groups is 2. The summed E-state index contributed by atoms with van der Waals surface area (Å²) in [6, 6.07) is 7.22. The summed E-state index contributed by atoms with van der Waals surface area (Å²) in [5.74, 6) is -2.76. The number of rotatable bonds is 5. The highest BCUT2D eigenvalue weighted by Crippen LogP contribution is 2.19. The summed E-state index contributed by atoms with van der Waals surface area (Å²) >= 11 is 0. The highest BCUT2D eigenvalue weighted by Gasteiger charge is 2.42. The van der Waals surface area contributed by atoms with Gasteiger partial charge in [0.1, 0.15) is 0 Å². The lowest BCUT2D eigenvalue weighted by Gasteiger charge is -2.31. The van der Waals surface area contributed by atoms with Gasteiger partial charge in [0.25, 0.3) is 0 Å². The summed E-state index contributed by atoms with van der Waals surface area (Å²) in [6.07, 6.45) is 1.44. The first-order valence-corrected chi connectivity index (χ1v) is 7.11. The fourth-order valence-corrected chi connectivity index (χ4v) is 2.25. The number of allylic oxidation sites excluding steroid dienone is 1. The Kier molecular flexibility index (Phi) is 5.15. The summed E-state index contributed by atoms with van der Waals surface area (Å²) in [5.41, 5.74) is 10.3. The quantitative estimate of drug-likeness (QED) is 0.444. The van der Waals surface area contributed by atoms with Gasteiger partial charge in [-0.15, -0.1) is 0 Å². The van der Waals surface area contributed by atoms with E-state index in [9.17, 15) is 19.2 Å². The number of hydrogen-bond acceptors (Lipinski definition) is 5. The van der Waals surface area contributed by atoms with Crippen LogP contribution < -0.4 is 21.9 Å². The van der Waals surface area contributed by atoms with Crippen molar-refractivity contribution in [2.45, 2.75) is 13.5 Å². The normalized spacial score (nSPS) is 18.2. The average molecular weight is 331 g/mol. The predicted molar refractivity (Wildman–Crippen MR) is 83.6 cm³/mol. The van der Waals surface area contributed by atoms with Crippen LogP contribution in [0.1, 0.15) is 12.5 Å². The monoisotopic (exact) mass is 331 g/mol. The van der Waals surface area contributed by atoms with Crippen LogP contribution in [0.25, 0.3) is 0 Å². The van der Waals surface area contributed by atoms with Gasteiger partial charge >= 0.3 is 12.1 Å². The predicted octanol–water partition coefficient (Wildman–Crippen LogP) is -0.0421. The van der Waals surface area contributed by atoms with Crippen LogP contribution in [-0.2, 0) is 16.1 Å². The Bertz CT molecular complexity index is 701. The summed E-state index contributed by atoms with van der Waals surface area (Å²) in [6.45, 7) is 1.60. The number of amides is 6. The van der Waals surface area contributed by atoms with Gasteiger partial charge in [0, 0.05) is 5.70 Å². The Hall–Kier alpha value is -3.36. The van der Waals surface area contributed by atoms with Crippen LogP contribution in [-0.4, -0.2) is 28.8 Å². The molecule has 0 bridgehead atoms. The van der Waals surface area contributed by atoms with Crippen molar-refractivity contribution < 1.29 is 19.2 Å². The summed E-state index contributed by atoms with van der Waals surface area (Å²) < 4.78 is 0. The second-order valence-corrected chi connectivity index (χ2v) is 5.00. The van der Waals surface area contributed by atoms with Crippen LogP contribution in [0.4, 0.5) is 9.59 Å². The van der Waals surface area contributed by atoms with Gasteiger partial charge in [-0.25, -0.2) is 9.59 Å². The maximum Gasteiger partial charge on any atom is 0.331 e. The molecule has 1 aliphatic rings. The number of hydrogen-bond donors (Lipinski definition) is 4. The molecule has 1 aromatic rings. The Balaban J connectivity index is 2.22. The first-order chi connectivity index (χ1) is 11.4. The molecular weight excluding hydrogens is 314 g/mol. The third-order valence-electron chi connectivity index (χ3n) is 3.39. The van der Waals surface area contributed by atoms with Crippen LogP contribution in [0.2, 0.25) is 0 Å². The number of carbonyl (C=O) groups is 4. The minimum atomic E-state index is -1.29. The third-order valence-corrected chi connectivity index (χ3v) is 3.39. The molecule has 0 aromatic heterocycles. The number of nitrogens with two attached hydrogens (primary N) is 1. The van der Waals surface area contributed by atoms with E-state index in [1.807, 2.05) is 6.07 Å². The molecule has 1 atom stereocenters. The zero-order valence-corrected chi connectivity index (χ0v) is 12.9. The third kappa shape index (κ3) is 3.69. The maximum absolute atomic E-state index is 12.6. The summed E-state index contributed by atoms with van der Waals surface area (Å²) in [7, 11) is 0. The molecule has 1 heterocycles. The molecule has 5 N–H and O–H groups in total. The van der Waals surface area contributed by atoms with Crippen molar-refractivity contribution in [1.29, 1.82) is 0 Å². The number of primary amides is 1. The molecule has 0 saturated carbocycles. The lowest BCUT2D eigenvalue weighted by Crippen LogP contribution is -2.59. The minimum absolute atomic E-state index is 0.0233. The molecule has 24 heavy (non-hydrogen) atoms. The molecule has 0 aliphatic carbocycles. The number of nitrogens with one attached hydrogen (secondary N) is 3. The smallest absolute Gasteiger partial charge is 0.331 e. The molecule has 6 amide bonds. The van der Waals surface area contributed by atoms with Crippen LogP contribution in [0, 0.1) is 5.92 Å². The average Bonchev–Trinajstić information content (AvgIpc) is 2.55. The van der Waals surface area contributed by atoms with E-state index in [0.29, 0.717) is 0 Å². The van der Waals surface area contributed by atoms with Crippen molar-refractivity contribution in [3.05, 3.63) is 47.7 Å². The van der Waals surface area contributed by atoms with E-state index in [2.05, 4.69) is 16.2 Å². The van der Waals surface area contributed by atoms with E-state index in [1.165, 1.54) is 6.08 Å². The molecule has 1 fully saturated rings. The molecular formula is C15H17N5O4. The van der Waals surface area contributed by atoms with Crippen LogP contribution in [0.5, 0.6) is 0 Å². The number of benzene rings is 1. The fourth-order valence-electron chi connectivity index (χ4n) is 2.25. The Morgan fingerprint density at radius 1 is 1.25 bits per heavy atom. The van der Waals surface area contributed by atoms with Gasteiger partial charge in [-0.05, 0) is 12.5 Å². The number of barbiturate groups is 1. The van der Waals surface area contributed by atoms with E-state index in [4.69, 9.17) is 5.73 Å². The van der Waals surface area contributed by atoms with Gasteiger partial charge in [0.15, 0.2) is 5.92 Å². The van der Waals surface area contributed by atoms with Crippen molar-refractivity contribution >= 4 is 23.9 Å². The standard InChI is InChI=1S/C15H17N5O4/c1-2-10(18-19-14(16)23)11-12(21)17-15(24)20(13(11)22)8-9-6-4-3-5-7-9/h2-7,11,18H,8H2,1H3,(H3,16,19,23)(H,17,21,24)/b10-2+/t11-/m1/s1. The van der Waals surface area contributed by atoms with Crippen molar-refractivity contribution in [2.24, 2.45) is 11.7 Å². The molecule has 9 nitrogen and oxygen atoms in total. The minimum Gasteiger partial charge on any atom is -0.350 e. The lowest BCUT2D eigenvalue weighted by atomic mass is 10.00. The Labute approximate surface area is 137 Å². The van der Waals surface area contributed by atoms with Gasteiger partial charge in [0.2, 0.25) is 11.8 Å². The van der Waals surface area contributed by atoms with E-state index in [1.54, 1.807) is 31.2 Å². The van der Waals surface area contributed by atoms with Gasteiger partial charge in [-0.2, -0.15) is 0 Å². The largest absolute Gasteiger partial charge is 0.350 e. The van der Waals surface area contributed by atoms with Crippen LogP contribution in [0.3, 0.4) is 0 Å². The molecule has 0 radical (unpaired) electrons. The molecule has 0 spiro atoms. The maximum atomic E-state index is 12.6.